The van der Waals surface area contributed by atoms with Gasteiger partial charge in [0, 0.05) is 26.9 Å². The van der Waals surface area contributed by atoms with Crippen LogP contribution in [0.15, 0.2) is 53.0 Å². The van der Waals surface area contributed by atoms with Gasteiger partial charge in [0.1, 0.15) is 5.69 Å². The molecule has 0 aliphatic heterocycles. The molecule has 106 valence electrons. The molecule has 0 saturated heterocycles. The van der Waals surface area contributed by atoms with Gasteiger partial charge in [0.15, 0.2) is 0 Å². The Morgan fingerprint density at radius 1 is 1.19 bits per heavy atom. The van der Waals surface area contributed by atoms with Crippen LogP contribution in [-0.2, 0) is 6.54 Å². The first-order valence-electron chi connectivity index (χ1n) is 6.43. The fraction of sp³-hybridized carbons (Fsp3) is 0.0625. The number of rotatable bonds is 3. The molecule has 0 unspecified atom stereocenters. The zero-order chi connectivity index (χ0) is 14.8. The van der Waals surface area contributed by atoms with Crippen LogP contribution < -0.4 is 5.32 Å². The number of nitrogens with one attached hydrogen (secondary N) is 2. The van der Waals surface area contributed by atoms with Gasteiger partial charge in [0.25, 0.3) is 5.91 Å². The lowest BCUT2D eigenvalue weighted by Gasteiger charge is -2.04. The Labute approximate surface area is 135 Å². The number of benzene rings is 2. The summed E-state index contributed by atoms with van der Waals surface area (Å²) in [5, 5.41) is 4.48. The van der Waals surface area contributed by atoms with Crippen molar-refractivity contribution in [2.24, 2.45) is 0 Å². The van der Waals surface area contributed by atoms with Gasteiger partial charge in [-0.1, -0.05) is 39.7 Å². The first kappa shape index (κ1) is 14.2. The van der Waals surface area contributed by atoms with Gasteiger partial charge in [-0.3, -0.25) is 4.79 Å². The standard InChI is InChI=1S/C16H12BrClN2O/c17-12-3-1-2-10(6-12)9-19-16(21)15-8-11-7-13(18)4-5-14(11)20-15/h1-8,20H,9H2,(H,19,21). The van der Waals surface area contributed by atoms with Crippen molar-refractivity contribution in [2.45, 2.75) is 6.54 Å². The number of aromatic nitrogens is 1. The third kappa shape index (κ3) is 3.28. The van der Waals surface area contributed by atoms with Crippen molar-refractivity contribution in [2.75, 3.05) is 0 Å². The molecule has 1 aromatic heterocycles. The lowest BCUT2D eigenvalue weighted by atomic mass is 10.2. The molecule has 0 spiro atoms. The van der Waals surface area contributed by atoms with Crippen molar-refractivity contribution in [3.63, 3.8) is 0 Å². The molecule has 0 bridgehead atoms. The summed E-state index contributed by atoms with van der Waals surface area (Å²) < 4.78 is 0.995. The van der Waals surface area contributed by atoms with Gasteiger partial charge in [0.05, 0.1) is 0 Å². The Morgan fingerprint density at radius 2 is 2.05 bits per heavy atom. The van der Waals surface area contributed by atoms with Crippen molar-refractivity contribution in [1.82, 2.24) is 10.3 Å². The molecular weight excluding hydrogens is 352 g/mol. The second-order valence-electron chi connectivity index (χ2n) is 4.73. The molecule has 0 aliphatic carbocycles. The van der Waals surface area contributed by atoms with Crippen LogP contribution in [-0.4, -0.2) is 10.9 Å². The molecule has 5 heteroatoms. The molecule has 0 fully saturated rings. The van der Waals surface area contributed by atoms with Gasteiger partial charge in [0.2, 0.25) is 0 Å². The molecule has 1 heterocycles. The predicted molar refractivity (Wildman–Crippen MR) is 88.6 cm³/mol. The van der Waals surface area contributed by atoms with Crippen LogP contribution in [0.5, 0.6) is 0 Å². The molecule has 2 N–H and O–H groups in total. The maximum Gasteiger partial charge on any atom is 0.267 e. The Bertz CT molecular complexity index is 813. The average molecular weight is 364 g/mol. The lowest BCUT2D eigenvalue weighted by Crippen LogP contribution is -2.23. The van der Waals surface area contributed by atoms with Gasteiger partial charge in [-0.25, -0.2) is 0 Å². The minimum absolute atomic E-state index is 0.137. The van der Waals surface area contributed by atoms with Crippen LogP contribution in [0.1, 0.15) is 16.1 Å². The number of H-pyrrole nitrogens is 1. The largest absolute Gasteiger partial charge is 0.351 e. The highest BCUT2D eigenvalue weighted by Gasteiger charge is 2.09. The lowest BCUT2D eigenvalue weighted by molar-refractivity contribution is 0.0947. The van der Waals surface area contributed by atoms with Gasteiger partial charge in [-0.15, -0.1) is 0 Å². The minimum atomic E-state index is -0.137. The van der Waals surface area contributed by atoms with E-state index in [1.54, 1.807) is 12.1 Å². The SMILES string of the molecule is O=C(NCc1cccc(Br)c1)c1cc2cc(Cl)ccc2[nH]1. The molecule has 2 aromatic carbocycles. The van der Waals surface area contributed by atoms with Crippen LogP contribution >= 0.6 is 27.5 Å². The van der Waals surface area contributed by atoms with E-state index in [4.69, 9.17) is 11.6 Å². The Hall–Kier alpha value is -1.78. The number of halogens is 2. The van der Waals surface area contributed by atoms with Crippen molar-refractivity contribution in [3.05, 3.63) is 69.3 Å². The number of carbonyl (C=O) groups is 1. The zero-order valence-corrected chi connectivity index (χ0v) is 13.3. The summed E-state index contributed by atoms with van der Waals surface area (Å²) in [4.78, 5) is 15.3. The molecule has 21 heavy (non-hydrogen) atoms. The number of amides is 1. The van der Waals surface area contributed by atoms with Crippen LogP contribution in [0.25, 0.3) is 10.9 Å². The van der Waals surface area contributed by atoms with E-state index in [0.717, 1.165) is 20.9 Å². The van der Waals surface area contributed by atoms with Gasteiger partial charge < -0.3 is 10.3 Å². The second kappa shape index (κ2) is 5.92. The first-order chi connectivity index (χ1) is 10.1. The summed E-state index contributed by atoms with van der Waals surface area (Å²) in [5.41, 5.74) is 2.46. The zero-order valence-electron chi connectivity index (χ0n) is 11.0. The minimum Gasteiger partial charge on any atom is -0.351 e. The molecule has 0 atom stereocenters. The average Bonchev–Trinajstić information content (AvgIpc) is 2.88. The quantitative estimate of drug-likeness (QED) is 0.706. The first-order valence-corrected chi connectivity index (χ1v) is 7.60. The maximum absolute atomic E-state index is 12.2. The Kier molecular flexibility index (Phi) is 3.99. The van der Waals surface area contributed by atoms with E-state index in [9.17, 15) is 4.79 Å². The summed E-state index contributed by atoms with van der Waals surface area (Å²) in [6.45, 7) is 0.481. The van der Waals surface area contributed by atoms with E-state index in [-0.39, 0.29) is 5.91 Å². The van der Waals surface area contributed by atoms with E-state index in [1.165, 1.54) is 0 Å². The van der Waals surface area contributed by atoms with Crippen LogP contribution in [0, 0.1) is 0 Å². The number of hydrogen-bond acceptors (Lipinski definition) is 1. The van der Waals surface area contributed by atoms with E-state index in [2.05, 4.69) is 26.2 Å². The highest BCUT2D eigenvalue weighted by molar-refractivity contribution is 9.10. The van der Waals surface area contributed by atoms with Crippen molar-refractivity contribution < 1.29 is 4.79 Å². The van der Waals surface area contributed by atoms with Gasteiger partial charge >= 0.3 is 0 Å². The highest BCUT2D eigenvalue weighted by Crippen LogP contribution is 2.20. The van der Waals surface area contributed by atoms with Crippen LogP contribution in [0.4, 0.5) is 0 Å². The normalized spacial score (nSPS) is 10.8. The van der Waals surface area contributed by atoms with Gasteiger partial charge in [-0.2, -0.15) is 0 Å². The molecule has 0 radical (unpaired) electrons. The summed E-state index contributed by atoms with van der Waals surface area (Å²) in [7, 11) is 0. The molecule has 1 amide bonds. The van der Waals surface area contributed by atoms with Crippen molar-refractivity contribution in [3.8, 4) is 0 Å². The molecule has 3 nitrogen and oxygen atoms in total. The van der Waals surface area contributed by atoms with E-state index in [0.29, 0.717) is 17.3 Å². The third-order valence-corrected chi connectivity index (χ3v) is 3.90. The number of carbonyl (C=O) groups excluding carboxylic acids is 1. The molecular formula is C16H12BrClN2O. The van der Waals surface area contributed by atoms with Crippen LogP contribution in [0.3, 0.4) is 0 Å². The predicted octanol–water partition coefficient (Wildman–Crippen LogP) is 4.51. The maximum atomic E-state index is 12.2. The number of aromatic amines is 1. The molecule has 0 saturated carbocycles. The summed E-state index contributed by atoms with van der Waals surface area (Å²) in [6.07, 6.45) is 0. The summed E-state index contributed by atoms with van der Waals surface area (Å²) in [5.74, 6) is -0.137. The molecule has 3 aromatic rings. The van der Waals surface area contributed by atoms with E-state index >= 15 is 0 Å². The fourth-order valence-electron chi connectivity index (χ4n) is 2.15. The molecule has 3 rings (SSSR count). The van der Waals surface area contributed by atoms with Crippen molar-refractivity contribution in [1.29, 1.82) is 0 Å². The van der Waals surface area contributed by atoms with E-state index < -0.39 is 0 Å². The Morgan fingerprint density at radius 3 is 2.86 bits per heavy atom. The number of fused-ring (bicyclic) bond motifs is 1. The summed E-state index contributed by atoms with van der Waals surface area (Å²) >= 11 is 9.36. The second-order valence-corrected chi connectivity index (χ2v) is 6.08. The fourth-order valence-corrected chi connectivity index (χ4v) is 2.78. The summed E-state index contributed by atoms with van der Waals surface area (Å²) in [6, 6.07) is 15.1. The van der Waals surface area contributed by atoms with Crippen molar-refractivity contribution >= 4 is 44.3 Å². The van der Waals surface area contributed by atoms with E-state index in [1.807, 2.05) is 36.4 Å². The van der Waals surface area contributed by atoms with Crippen LogP contribution in [0.2, 0.25) is 5.02 Å². The molecule has 0 aliphatic rings. The topological polar surface area (TPSA) is 44.9 Å². The smallest absolute Gasteiger partial charge is 0.267 e. The Balaban J connectivity index is 1.74. The number of hydrogen-bond donors (Lipinski definition) is 2. The van der Waals surface area contributed by atoms with Gasteiger partial charge in [-0.05, 0) is 42.0 Å². The highest BCUT2D eigenvalue weighted by atomic mass is 79.9. The third-order valence-electron chi connectivity index (χ3n) is 3.17. The monoisotopic (exact) mass is 362 g/mol.